The first-order valence-electron chi connectivity index (χ1n) is 10.5. The Morgan fingerprint density at radius 1 is 0.882 bits per heavy atom. The molecule has 174 valence electrons. The van der Waals surface area contributed by atoms with Crippen LogP contribution in [0, 0.1) is 13.8 Å². The highest BCUT2D eigenvalue weighted by Gasteiger charge is 2.30. The van der Waals surface area contributed by atoms with Crippen molar-refractivity contribution in [3.63, 3.8) is 0 Å². The van der Waals surface area contributed by atoms with Gasteiger partial charge in [-0.3, -0.25) is 9.10 Å². The lowest BCUT2D eigenvalue weighted by molar-refractivity contribution is -0.114. The summed E-state index contributed by atoms with van der Waals surface area (Å²) in [5.41, 5.74) is 2.55. The van der Waals surface area contributed by atoms with Gasteiger partial charge >= 0.3 is 0 Å². The van der Waals surface area contributed by atoms with Gasteiger partial charge in [0.25, 0.3) is 10.0 Å². The molecule has 1 N–H and O–H groups in total. The van der Waals surface area contributed by atoms with Crippen LogP contribution in [0.2, 0.25) is 10.0 Å². The molecule has 8 heteroatoms. The van der Waals surface area contributed by atoms with Crippen molar-refractivity contribution >= 4 is 61.3 Å². The highest BCUT2D eigenvalue weighted by Crippen LogP contribution is 2.32. The van der Waals surface area contributed by atoms with Crippen molar-refractivity contribution < 1.29 is 13.2 Å². The lowest BCUT2D eigenvalue weighted by Gasteiger charge is -2.27. The smallest absolute Gasteiger partial charge is 0.265 e. The topological polar surface area (TPSA) is 66.5 Å². The van der Waals surface area contributed by atoms with Crippen LogP contribution in [-0.2, 0) is 14.8 Å². The van der Waals surface area contributed by atoms with Crippen molar-refractivity contribution in [2.45, 2.75) is 18.7 Å². The number of halogens is 2. The summed E-state index contributed by atoms with van der Waals surface area (Å²) in [6, 6.07) is 22.5. The molecule has 34 heavy (non-hydrogen) atoms. The van der Waals surface area contributed by atoms with Crippen LogP contribution in [-0.4, -0.2) is 20.9 Å². The Morgan fingerprint density at radius 3 is 2.35 bits per heavy atom. The highest BCUT2D eigenvalue weighted by molar-refractivity contribution is 7.93. The minimum absolute atomic E-state index is 0.133. The number of hydrogen-bond acceptors (Lipinski definition) is 3. The summed E-state index contributed by atoms with van der Waals surface area (Å²) in [6.45, 7) is 3.32. The van der Waals surface area contributed by atoms with E-state index in [1.807, 2.05) is 38.1 Å². The van der Waals surface area contributed by atoms with Crippen LogP contribution in [0.4, 0.5) is 11.4 Å². The second-order valence-electron chi connectivity index (χ2n) is 7.89. The summed E-state index contributed by atoms with van der Waals surface area (Å²) in [7, 11) is -4.10. The molecule has 0 radical (unpaired) electrons. The predicted octanol–water partition coefficient (Wildman–Crippen LogP) is 6.60. The summed E-state index contributed by atoms with van der Waals surface area (Å²) >= 11 is 12.0. The van der Waals surface area contributed by atoms with E-state index in [9.17, 15) is 13.2 Å². The van der Waals surface area contributed by atoms with Gasteiger partial charge in [-0.2, -0.15) is 0 Å². The number of amides is 1. The van der Waals surface area contributed by atoms with E-state index in [0.717, 1.165) is 20.8 Å². The Kier molecular flexibility index (Phi) is 6.84. The van der Waals surface area contributed by atoms with Crippen LogP contribution < -0.4 is 9.62 Å². The zero-order valence-corrected chi connectivity index (χ0v) is 20.9. The molecule has 0 saturated carbocycles. The van der Waals surface area contributed by atoms with Gasteiger partial charge in [0.1, 0.15) is 6.54 Å². The van der Waals surface area contributed by atoms with E-state index in [2.05, 4.69) is 5.32 Å². The molecule has 0 saturated heterocycles. The molecule has 1 amide bonds. The summed E-state index contributed by atoms with van der Waals surface area (Å²) < 4.78 is 29.2. The van der Waals surface area contributed by atoms with E-state index >= 15 is 0 Å². The Morgan fingerprint density at radius 2 is 1.59 bits per heavy atom. The number of sulfonamides is 1. The highest BCUT2D eigenvalue weighted by atomic mass is 35.5. The van der Waals surface area contributed by atoms with Gasteiger partial charge < -0.3 is 5.32 Å². The van der Waals surface area contributed by atoms with E-state index in [0.29, 0.717) is 21.8 Å². The van der Waals surface area contributed by atoms with Crippen LogP contribution in [0.5, 0.6) is 0 Å². The Bertz CT molecular complexity index is 1500. The quantitative estimate of drug-likeness (QED) is 0.316. The van der Waals surface area contributed by atoms with Crippen LogP contribution in [0.25, 0.3) is 10.8 Å². The van der Waals surface area contributed by atoms with Crippen LogP contribution in [0.1, 0.15) is 11.1 Å². The van der Waals surface area contributed by atoms with E-state index < -0.39 is 22.5 Å². The summed E-state index contributed by atoms with van der Waals surface area (Å²) in [4.78, 5) is 13.2. The molecule has 0 aliphatic carbocycles. The molecule has 0 aliphatic rings. The van der Waals surface area contributed by atoms with Crippen molar-refractivity contribution in [2.75, 3.05) is 16.2 Å². The molecule has 5 nitrogen and oxygen atoms in total. The van der Waals surface area contributed by atoms with Crippen LogP contribution >= 0.6 is 23.2 Å². The number of nitrogens with one attached hydrogen (secondary N) is 1. The molecule has 4 aromatic carbocycles. The third-order valence-corrected chi connectivity index (χ3v) is 8.21. The normalized spacial score (nSPS) is 11.4. The molecule has 0 aromatic heterocycles. The summed E-state index contributed by atoms with van der Waals surface area (Å²) in [5, 5.41) is 4.74. The first-order valence-corrected chi connectivity index (χ1v) is 12.7. The average molecular weight is 513 g/mol. The van der Waals surface area contributed by atoms with Gasteiger partial charge in [-0.05, 0) is 60.7 Å². The fraction of sp³-hybridized carbons (Fsp3) is 0.115. The minimum Gasteiger partial charge on any atom is -0.324 e. The van der Waals surface area contributed by atoms with Gasteiger partial charge in [0.05, 0.1) is 20.6 Å². The predicted molar refractivity (Wildman–Crippen MR) is 139 cm³/mol. The average Bonchev–Trinajstić information content (AvgIpc) is 2.81. The van der Waals surface area contributed by atoms with E-state index in [1.54, 1.807) is 48.5 Å². The van der Waals surface area contributed by atoms with Crippen molar-refractivity contribution in [1.29, 1.82) is 0 Å². The maximum Gasteiger partial charge on any atom is 0.265 e. The van der Waals surface area contributed by atoms with E-state index in [1.165, 1.54) is 6.07 Å². The standard InChI is InChI=1S/C26H22Cl2N2O3S/c1-17-7-5-11-24(18(17)2)30(16-26(31)29-20-13-14-22(27)23(28)15-20)34(32,33)25-12-6-9-19-8-3-4-10-21(19)25/h3-15H,16H2,1-2H3,(H,29,31). The number of aryl methyl sites for hydroxylation is 1. The number of rotatable bonds is 6. The molecule has 0 bridgehead atoms. The molecule has 0 unspecified atom stereocenters. The summed E-state index contributed by atoms with van der Waals surface area (Å²) in [6.07, 6.45) is 0. The van der Waals surface area contributed by atoms with Gasteiger partial charge in [0.2, 0.25) is 5.91 Å². The van der Waals surface area contributed by atoms with E-state index in [4.69, 9.17) is 23.2 Å². The molecular weight excluding hydrogens is 491 g/mol. The number of anilines is 2. The molecule has 4 aromatic rings. The Balaban J connectivity index is 1.79. The Hall–Kier alpha value is -3.06. The summed E-state index contributed by atoms with van der Waals surface area (Å²) in [5.74, 6) is -0.511. The first kappa shape index (κ1) is 24.1. The number of hydrogen-bond donors (Lipinski definition) is 1. The number of carbonyl (C=O) groups is 1. The number of fused-ring (bicyclic) bond motifs is 1. The molecule has 0 aliphatic heterocycles. The molecule has 4 rings (SSSR count). The zero-order valence-electron chi connectivity index (χ0n) is 18.5. The van der Waals surface area contributed by atoms with Gasteiger partial charge in [0.15, 0.2) is 0 Å². The second kappa shape index (κ2) is 9.66. The molecule has 0 fully saturated rings. The monoisotopic (exact) mass is 512 g/mol. The zero-order chi connectivity index (χ0) is 24.5. The lowest BCUT2D eigenvalue weighted by atomic mass is 10.1. The van der Waals surface area contributed by atoms with Crippen molar-refractivity contribution in [3.8, 4) is 0 Å². The maximum atomic E-state index is 14.0. The van der Waals surface area contributed by atoms with E-state index in [-0.39, 0.29) is 9.92 Å². The van der Waals surface area contributed by atoms with Gasteiger partial charge in [-0.25, -0.2) is 8.42 Å². The maximum absolute atomic E-state index is 14.0. The van der Waals surface area contributed by atoms with Gasteiger partial charge in [-0.15, -0.1) is 0 Å². The van der Waals surface area contributed by atoms with Gasteiger partial charge in [0, 0.05) is 11.1 Å². The van der Waals surface area contributed by atoms with Crippen molar-refractivity contribution in [3.05, 3.63) is 100 Å². The third-order valence-electron chi connectivity index (χ3n) is 5.65. The first-order chi connectivity index (χ1) is 16.2. The number of carbonyl (C=O) groups excluding carboxylic acids is 1. The van der Waals surface area contributed by atoms with Gasteiger partial charge in [-0.1, -0.05) is 71.7 Å². The molecular formula is C26H22Cl2N2O3S. The van der Waals surface area contributed by atoms with Crippen LogP contribution in [0.15, 0.2) is 83.8 Å². The minimum atomic E-state index is -4.10. The SMILES string of the molecule is Cc1cccc(N(CC(=O)Nc2ccc(Cl)c(Cl)c2)S(=O)(=O)c2cccc3ccccc23)c1C. The molecule has 0 spiro atoms. The van der Waals surface area contributed by atoms with Crippen molar-refractivity contribution in [2.24, 2.45) is 0 Å². The fourth-order valence-corrected chi connectivity index (χ4v) is 5.74. The van der Waals surface area contributed by atoms with Crippen LogP contribution in [0.3, 0.4) is 0 Å². The Labute approximate surface area is 209 Å². The number of nitrogens with zero attached hydrogens (tertiary/aromatic N) is 1. The molecule has 0 atom stereocenters. The number of benzene rings is 4. The third kappa shape index (κ3) is 4.75. The van der Waals surface area contributed by atoms with Crippen molar-refractivity contribution in [1.82, 2.24) is 0 Å². The largest absolute Gasteiger partial charge is 0.324 e. The fourth-order valence-electron chi connectivity index (χ4n) is 3.75. The molecule has 0 heterocycles. The second-order valence-corrected chi connectivity index (χ2v) is 10.5. The lowest BCUT2D eigenvalue weighted by Crippen LogP contribution is -2.38.